The number of nitrogens with one attached hydrogen (secondary N) is 2. The fourth-order valence-electron chi connectivity index (χ4n) is 3.18. The van der Waals surface area contributed by atoms with Gasteiger partial charge in [0.05, 0.1) is 18.5 Å². The van der Waals surface area contributed by atoms with Gasteiger partial charge in [0.25, 0.3) is 5.91 Å². The number of amides is 1. The molecule has 34 heavy (non-hydrogen) atoms. The quantitative estimate of drug-likeness (QED) is 0.248. The maximum Gasteiger partial charge on any atom is 0.289 e. The van der Waals surface area contributed by atoms with Gasteiger partial charge in [0.15, 0.2) is 0 Å². The van der Waals surface area contributed by atoms with Gasteiger partial charge in [-0.05, 0) is 55.5 Å². The Morgan fingerprint density at radius 3 is 2.62 bits per heavy atom. The maximum absolute atomic E-state index is 12.4. The second kappa shape index (κ2) is 11.2. The summed E-state index contributed by atoms with van der Waals surface area (Å²) in [7, 11) is 0. The third kappa shape index (κ3) is 5.82. The maximum atomic E-state index is 12.4. The number of halogens is 1. The largest absolute Gasteiger partial charge is 0.493 e. The molecule has 1 amide bonds. The molecule has 0 atom stereocenters. The van der Waals surface area contributed by atoms with Crippen molar-refractivity contribution >= 4 is 23.7 Å². The number of aromatic nitrogens is 2. The first-order chi connectivity index (χ1) is 16.6. The Morgan fingerprint density at radius 1 is 1.06 bits per heavy atom. The van der Waals surface area contributed by atoms with Gasteiger partial charge >= 0.3 is 0 Å². The molecule has 1 heterocycles. The predicted molar refractivity (Wildman–Crippen MR) is 132 cm³/mol. The number of benzene rings is 3. The smallest absolute Gasteiger partial charge is 0.289 e. The van der Waals surface area contributed by atoms with Crippen molar-refractivity contribution in [2.75, 3.05) is 6.61 Å². The molecule has 0 saturated heterocycles. The molecule has 0 unspecified atom stereocenters. The number of hydrogen-bond donors (Lipinski definition) is 2. The number of ether oxygens (including phenoxy) is 2. The molecule has 7 nitrogen and oxygen atoms in total. The molecule has 4 aromatic rings. The van der Waals surface area contributed by atoms with Crippen LogP contribution in [0.4, 0.5) is 0 Å². The van der Waals surface area contributed by atoms with E-state index in [0.29, 0.717) is 41.1 Å². The number of aromatic amines is 1. The second-order valence-corrected chi connectivity index (χ2v) is 7.65. The first-order valence-electron chi connectivity index (χ1n) is 10.7. The minimum absolute atomic E-state index is 0.296. The van der Waals surface area contributed by atoms with Crippen LogP contribution in [-0.2, 0) is 6.61 Å². The molecule has 0 radical (unpaired) electrons. The Labute approximate surface area is 202 Å². The third-order valence-corrected chi connectivity index (χ3v) is 5.28. The second-order valence-electron chi connectivity index (χ2n) is 7.24. The summed E-state index contributed by atoms with van der Waals surface area (Å²) in [5.41, 5.74) is 5.96. The van der Waals surface area contributed by atoms with E-state index in [4.69, 9.17) is 21.1 Å². The molecule has 0 aliphatic heterocycles. The summed E-state index contributed by atoms with van der Waals surface area (Å²) >= 11 is 6.17. The molecule has 4 rings (SSSR count). The van der Waals surface area contributed by atoms with Crippen molar-refractivity contribution in [3.63, 3.8) is 0 Å². The first-order valence-corrected chi connectivity index (χ1v) is 11.1. The minimum Gasteiger partial charge on any atom is -0.493 e. The molecule has 8 heteroatoms. The molecule has 0 saturated carbocycles. The number of hydrazone groups is 1. The van der Waals surface area contributed by atoms with Crippen LogP contribution in [0.15, 0.2) is 84.0 Å². The summed E-state index contributed by atoms with van der Waals surface area (Å²) in [4.78, 5) is 12.4. The fraction of sp³-hybridized carbons (Fsp3) is 0.115. The summed E-state index contributed by atoms with van der Waals surface area (Å²) in [5, 5.41) is 11.7. The molecule has 2 N–H and O–H groups in total. The predicted octanol–water partition coefficient (Wildman–Crippen LogP) is 5.47. The Hall–Kier alpha value is -4.10. The lowest BCUT2D eigenvalue weighted by Crippen LogP contribution is -2.18. The van der Waals surface area contributed by atoms with Crippen LogP contribution in [0.5, 0.6) is 11.5 Å². The van der Waals surface area contributed by atoms with Gasteiger partial charge in [-0.3, -0.25) is 9.89 Å². The normalized spacial score (nSPS) is 10.9. The van der Waals surface area contributed by atoms with Crippen molar-refractivity contribution in [3.05, 3.63) is 101 Å². The fourth-order valence-corrected chi connectivity index (χ4v) is 3.37. The average Bonchev–Trinajstić information content (AvgIpc) is 3.36. The molecule has 1 aromatic heterocycles. The number of hydrogen-bond acceptors (Lipinski definition) is 5. The van der Waals surface area contributed by atoms with Gasteiger partial charge in [0, 0.05) is 21.7 Å². The Morgan fingerprint density at radius 2 is 1.82 bits per heavy atom. The van der Waals surface area contributed by atoms with Gasteiger partial charge in [-0.25, -0.2) is 5.43 Å². The highest BCUT2D eigenvalue weighted by molar-refractivity contribution is 6.31. The molecule has 0 bridgehead atoms. The van der Waals surface area contributed by atoms with Crippen LogP contribution in [0.1, 0.15) is 28.5 Å². The summed E-state index contributed by atoms with van der Waals surface area (Å²) in [6, 6.07) is 24.1. The molecule has 0 aliphatic carbocycles. The topological polar surface area (TPSA) is 88.6 Å². The summed E-state index contributed by atoms with van der Waals surface area (Å²) < 4.78 is 11.4. The minimum atomic E-state index is -0.399. The number of nitrogens with zero attached hydrogens (tertiary/aromatic N) is 2. The van der Waals surface area contributed by atoms with Crippen LogP contribution in [-0.4, -0.2) is 28.9 Å². The van der Waals surface area contributed by atoms with Gasteiger partial charge in [-0.2, -0.15) is 10.2 Å². The first kappa shape index (κ1) is 23.1. The number of H-pyrrole nitrogens is 1. The van der Waals surface area contributed by atoms with E-state index in [-0.39, 0.29) is 0 Å². The number of carbonyl (C=O) groups is 1. The van der Waals surface area contributed by atoms with Crippen molar-refractivity contribution in [1.29, 1.82) is 0 Å². The molecule has 172 valence electrons. The van der Waals surface area contributed by atoms with Crippen molar-refractivity contribution < 1.29 is 14.3 Å². The molecule has 0 spiro atoms. The van der Waals surface area contributed by atoms with Gasteiger partial charge in [0.1, 0.15) is 23.8 Å². The highest BCUT2D eigenvalue weighted by atomic mass is 35.5. The molecule has 0 fully saturated rings. The van der Waals surface area contributed by atoms with E-state index in [1.165, 1.54) is 0 Å². The van der Waals surface area contributed by atoms with Gasteiger partial charge in [-0.15, -0.1) is 0 Å². The Kier molecular flexibility index (Phi) is 7.57. The Balaban J connectivity index is 1.35. The zero-order valence-corrected chi connectivity index (χ0v) is 19.3. The number of carbonyl (C=O) groups excluding carboxylic acids is 1. The van der Waals surface area contributed by atoms with Gasteiger partial charge in [0.2, 0.25) is 0 Å². The number of rotatable bonds is 9. The average molecular weight is 475 g/mol. The number of para-hydroxylation sites is 1. The third-order valence-electron chi connectivity index (χ3n) is 4.91. The zero-order valence-electron chi connectivity index (χ0n) is 18.5. The molecular formula is C26H23ClN4O3. The summed E-state index contributed by atoms with van der Waals surface area (Å²) in [6.45, 7) is 2.83. The van der Waals surface area contributed by atoms with Crippen molar-refractivity contribution in [1.82, 2.24) is 15.6 Å². The van der Waals surface area contributed by atoms with Crippen molar-refractivity contribution in [3.8, 4) is 22.8 Å². The van der Waals surface area contributed by atoms with Crippen LogP contribution >= 0.6 is 11.6 Å². The van der Waals surface area contributed by atoms with Crippen LogP contribution < -0.4 is 14.9 Å². The van der Waals surface area contributed by atoms with E-state index >= 15 is 0 Å². The monoisotopic (exact) mass is 474 g/mol. The standard InChI is InChI=1S/C26H23ClN4O3/c1-2-33-25-10-6-4-7-19(25)16-28-31-26(32)24-15-23(29-30-24)18-11-13-21(14-12-18)34-17-20-8-3-5-9-22(20)27/h3-16H,2,17H2,1H3,(H,29,30)(H,31,32). The SMILES string of the molecule is CCOc1ccccc1C=NNC(=O)c1cc(-c2ccc(OCc3ccccc3Cl)cc2)n[nH]1. The van der Waals surface area contributed by atoms with E-state index < -0.39 is 5.91 Å². The van der Waals surface area contributed by atoms with Gasteiger partial charge in [-0.1, -0.05) is 41.9 Å². The molecule has 0 aliphatic rings. The van der Waals surface area contributed by atoms with E-state index in [1.54, 1.807) is 12.3 Å². The van der Waals surface area contributed by atoms with Crippen LogP contribution in [0.3, 0.4) is 0 Å². The van der Waals surface area contributed by atoms with Crippen LogP contribution in [0.25, 0.3) is 11.3 Å². The van der Waals surface area contributed by atoms with Crippen LogP contribution in [0, 0.1) is 0 Å². The van der Waals surface area contributed by atoms with Crippen molar-refractivity contribution in [2.24, 2.45) is 5.10 Å². The molecule has 3 aromatic carbocycles. The highest BCUT2D eigenvalue weighted by Gasteiger charge is 2.11. The Bertz CT molecular complexity index is 1290. The summed E-state index contributed by atoms with van der Waals surface area (Å²) in [5.74, 6) is 1.01. The van der Waals surface area contributed by atoms with E-state index in [2.05, 4.69) is 20.7 Å². The molecular weight excluding hydrogens is 452 g/mol. The lowest BCUT2D eigenvalue weighted by atomic mass is 10.1. The van der Waals surface area contributed by atoms with Crippen molar-refractivity contribution in [2.45, 2.75) is 13.5 Å². The highest BCUT2D eigenvalue weighted by Crippen LogP contribution is 2.23. The zero-order chi connectivity index (χ0) is 23.8. The van der Waals surface area contributed by atoms with E-state index in [0.717, 1.165) is 16.7 Å². The van der Waals surface area contributed by atoms with E-state index in [1.807, 2.05) is 79.7 Å². The lowest BCUT2D eigenvalue weighted by molar-refractivity contribution is 0.0950. The van der Waals surface area contributed by atoms with Gasteiger partial charge < -0.3 is 9.47 Å². The van der Waals surface area contributed by atoms with E-state index in [9.17, 15) is 4.79 Å². The summed E-state index contributed by atoms with van der Waals surface area (Å²) in [6.07, 6.45) is 1.54. The lowest BCUT2D eigenvalue weighted by Gasteiger charge is -2.08. The van der Waals surface area contributed by atoms with Crippen LogP contribution in [0.2, 0.25) is 5.02 Å².